The number of nitrogens with zero attached hydrogens (tertiary/aromatic N) is 4. The van der Waals surface area contributed by atoms with Crippen molar-refractivity contribution in [2.75, 3.05) is 5.32 Å². The van der Waals surface area contributed by atoms with Gasteiger partial charge in [-0.25, -0.2) is 0 Å². The number of alkyl halides is 3. The third kappa shape index (κ3) is 3.41. The maximum absolute atomic E-state index is 12.9. The molecule has 0 unspecified atom stereocenters. The second kappa shape index (κ2) is 6.25. The molecule has 1 amide bonds. The monoisotopic (exact) mass is 342 g/mol. The highest BCUT2D eigenvalue weighted by Crippen LogP contribution is 2.27. The van der Waals surface area contributed by atoms with Crippen molar-refractivity contribution in [2.45, 2.75) is 50.9 Å². The van der Waals surface area contributed by atoms with Crippen molar-refractivity contribution in [3.05, 3.63) is 18.0 Å². The normalized spacial score (nSPS) is 17.2. The van der Waals surface area contributed by atoms with Crippen molar-refractivity contribution in [2.24, 2.45) is 0 Å². The van der Waals surface area contributed by atoms with Gasteiger partial charge in [-0.1, -0.05) is 12.8 Å². The number of carbonyl (C=O) groups is 1. The van der Waals surface area contributed by atoms with Gasteiger partial charge >= 0.3 is 6.18 Å². The maximum Gasteiger partial charge on any atom is 0.453 e. The number of amides is 1. The van der Waals surface area contributed by atoms with Crippen LogP contribution < -0.4 is 10.6 Å². The largest absolute Gasteiger partial charge is 0.453 e. The van der Waals surface area contributed by atoms with E-state index in [0.29, 0.717) is 4.52 Å². The van der Waals surface area contributed by atoms with Crippen molar-refractivity contribution in [3.63, 3.8) is 0 Å². The summed E-state index contributed by atoms with van der Waals surface area (Å²) in [5.74, 6) is -1.27. The summed E-state index contributed by atoms with van der Waals surface area (Å²) in [5, 5.41) is 16.1. The molecular weight excluding hydrogens is 325 g/mol. The smallest absolute Gasteiger partial charge is 0.357 e. The maximum atomic E-state index is 12.9. The van der Waals surface area contributed by atoms with E-state index in [1.165, 1.54) is 12.1 Å². The van der Waals surface area contributed by atoms with Crippen molar-refractivity contribution in [3.8, 4) is 0 Å². The molecule has 10 heteroatoms. The van der Waals surface area contributed by atoms with Crippen molar-refractivity contribution >= 4 is 17.4 Å². The first-order chi connectivity index (χ1) is 11.3. The van der Waals surface area contributed by atoms with E-state index in [1.54, 1.807) is 6.92 Å². The van der Waals surface area contributed by atoms with E-state index in [2.05, 4.69) is 25.9 Å². The van der Waals surface area contributed by atoms with E-state index in [-0.39, 0.29) is 23.4 Å². The van der Waals surface area contributed by atoms with Crippen LogP contribution in [0.3, 0.4) is 0 Å². The highest BCUT2D eigenvalue weighted by molar-refractivity contribution is 5.84. The molecule has 1 saturated carbocycles. The van der Waals surface area contributed by atoms with Crippen LogP contribution in [0.1, 0.15) is 38.4 Å². The summed E-state index contributed by atoms with van der Waals surface area (Å²) in [6, 6.07) is 2.37. The Labute approximate surface area is 135 Å². The Hall–Kier alpha value is -2.39. The molecule has 1 atom stereocenters. The van der Waals surface area contributed by atoms with Crippen molar-refractivity contribution in [1.29, 1.82) is 0 Å². The zero-order valence-electron chi connectivity index (χ0n) is 13.0. The topological polar surface area (TPSA) is 84.2 Å². The number of aromatic nitrogens is 4. The summed E-state index contributed by atoms with van der Waals surface area (Å²) in [5.41, 5.74) is -0.0177. The first-order valence-electron chi connectivity index (χ1n) is 7.71. The fourth-order valence-electron chi connectivity index (χ4n) is 2.73. The van der Waals surface area contributed by atoms with Crippen LogP contribution in [0.5, 0.6) is 0 Å². The molecule has 130 valence electrons. The number of hydrogen-bond donors (Lipinski definition) is 2. The van der Waals surface area contributed by atoms with E-state index in [1.807, 2.05) is 0 Å². The number of carbonyl (C=O) groups excluding carboxylic acids is 1. The molecule has 0 aliphatic heterocycles. The van der Waals surface area contributed by atoms with Gasteiger partial charge in [-0.05, 0) is 31.9 Å². The Kier molecular flexibility index (Phi) is 4.29. The van der Waals surface area contributed by atoms with Crippen LogP contribution in [-0.2, 0) is 11.0 Å². The summed E-state index contributed by atoms with van der Waals surface area (Å²) >= 11 is 0. The van der Waals surface area contributed by atoms with Crippen molar-refractivity contribution < 1.29 is 18.0 Å². The lowest BCUT2D eigenvalue weighted by Gasteiger charge is -2.18. The minimum absolute atomic E-state index is 0.0177. The molecule has 0 bridgehead atoms. The van der Waals surface area contributed by atoms with E-state index in [0.717, 1.165) is 25.7 Å². The molecule has 7 nitrogen and oxygen atoms in total. The van der Waals surface area contributed by atoms with Crippen molar-refractivity contribution in [1.82, 2.24) is 25.1 Å². The molecule has 0 radical (unpaired) electrons. The van der Waals surface area contributed by atoms with Crippen LogP contribution in [-0.4, -0.2) is 37.8 Å². The number of hydrogen-bond acceptors (Lipinski definition) is 5. The molecule has 1 fully saturated rings. The standard InChI is InChI=1S/C14H17F3N6O/c1-8(12(24)19-9-4-2-3-5-9)18-10-6-7-11-20-21-13(14(15,16)17)23(11)22-10/h6-9H,2-5H2,1H3,(H,18,22)(H,19,24)/t8-/m1/s1. The Morgan fingerprint density at radius 3 is 2.67 bits per heavy atom. The van der Waals surface area contributed by atoms with Gasteiger partial charge in [-0.3, -0.25) is 4.79 Å². The Balaban J connectivity index is 1.73. The highest BCUT2D eigenvalue weighted by Gasteiger charge is 2.37. The molecule has 2 aromatic rings. The van der Waals surface area contributed by atoms with Gasteiger partial charge in [-0.15, -0.1) is 15.3 Å². The van der Waals surface area contributed by atoms with E-state index in [9.17, 15) is 18.0 Å². The zero-order chi connectivity index (χ0) is 17.3. The molecule has 1 aliphatic rings. The van der Waals surface area contributed by atoms with Gasteiger partial charge in [0.2, 0.25) is 5.91 Å². The zero-order valence-corrected chi connectivity index (χ0v) is 13.0. The molecule has 1 aliphatic carbocycles. The Morgan fingerprint density at radius 2 is 2.00 bits per heavy atom. The quantitative estimate of drug-likeness (QED) is 0.888. The molecule has 0 aromatic carbocycles. The molecule has 3 rings (SSSR count). The van der Waals surface area contributed by atoms with Crippen LogP contribution in [0.2, 0.25) is 0 Å². The van der Waals surface area contributed by atoms with E-state index < -0.39 is 18.0 Å². The number of anilines is 1. The minimum Gasteiger partial charge on any atom is -0.357 e. The predicted octanol–water partition coefficient (Wildman–Crippen LogP) is 2.00. The average molecular weight is 342 g/mol. The van der Waals surface area contributed by atoms with Gasteiger partial charge in [0.1, 0.15) is 11.9 Å². The first kappa shape index (κ1) is 16.5. The van der Waals surface area contributed by atoms with E-state index >= 15 is 0 Å². The summed E-state index contributed by atoms with van der Waals surface area (Å²) in [7, 11) is 0. The molecule has 2 aromatic heterocycles. The van der Waals surface area contributed by atoms with Crippen LogP contribution >= 0.6 is 0 Å². The number of fused-ring (bicyclic) bond motifs is 1. The van der Waals surface area contributed by atoms with Crippen LogP contribution in [0.15, 0.2) is 12.1 Å². The third-order valence-corrected chi connectivity index (χ3v) is 3.98. The van der Waals surface area contributed by atoms with Gasteiger partial charge in [0.25, 0.3) is 5.82 Å². The second-order valence-corrected chi connectivity index (χ2v) is 5.87. The minimum atomic E-state index is -4.66. The number of halogens is 3. The molecule has 24 heavy (non-hydrogen) atoms. The predicted molar refractivity (Wildman–Crippen MR) is 79.3 cm³/mol. The fraction of sp³-hybridized carbons (Fsp3) is 0.571. The number of nitrogens with one attached hydrogen (secondary N) is 2. The molecule has 2 heterocycles. The summed E-state index contributed by atoms with van der Waals surface area (Å²) < 4.78 is 39.2. The van der Waals surface area contributed by atoms with Gasteiger partial charge in [-0.2, -0.15) is 17.7 Å². The fourth-order valence-corrected chi connectivity index (χ4v) is 2.73. The molecule has 0 saturated heterocycles. The van der Waals surface area contributed by atoms with Crippen LogP contribution in [0, 0.1) is 0 Å². The number of rotatable bonds is 4. The lowest BCUT2D eigenvalue weighted by molar-refractivity contribution is -0.146. The van der Waals surface area contributed by atoms with Crippen LogP contribution in [0.25, 0.3) is 5.65 Å². The van der Waals surface area contributed by atoms with E-state index in [4.69, 9.17) is 0 Å². The first-order valence-corrected chi connectivity index (χ1v) is 7.71. The molecule has 2 N–H and O–H groups in total. The Bertz CT molecular complexity index is 738. The summed E-state index contributed by atoms with van der Waals surface area (Å²) in [4.78, 5) is 12.1. The summed E-state index contributed by atoms with van der Waals surface area (Å²) in [6.07, 6.45) is -0.551. The lowest BCUT2D eigenvalue weighted by Crippen LogP contribution is -2.42. The SMILES string of the molecule is C[C@@H](Nc1ccc2nnc(C(F)(F)F)n2n1)C(=O)NC1CCCC1. The molecule has 0 spiro atoms. The van der Waals surface area contributed by atoms with Gasteiger partial charge in [0.15, 0.2) is 5.65 Å². The lowest BCUT2D eigenvalue weighted by atomic mass is 10.2. The molecular formula is C14H17F3N6O. The van der Waals surface area contributed by atoms with Gasteiger partial charge < -0.3 is 10.6 Å². The summed E-state index contributed by atoms with van der Waals surface area (Å²) in [6.45, 7) is 1.63. The highest BCUT2D eigenvalue weighted by atomic mass is 19.4. The van der Waals surface area contributed by atoms with Crippen LogP contribution in [0.4, 0.5) is 19.0 Å². The van der Waals surface area contributed by atoms with Gasteiger partial charge in [0, 0.05) is 6.04 Å². The average Bonchev–Trinajstić information content (AvgIpc) is 3.15. The van der Waals surface area contributed by atoms with Gasteiger partial charge in [0.05, 0.1) is 0 Å². The Morgan fingerprint density at radius 1 is 1.29 bits per heavy atom. The third-order valence-electron chi connectivity index (χ3n) is 3.98. The second-order valence-electron chi connectivity index (χ2n) is 5.87.